The zero-order valence-corrected chi connectivity index (χ0v) is 66.2. The van der Waals surface area contributed by atoms with Crippen molar-refractivity contribution >= 4 is 19.8 Å². The third-order valence-electron chi connectivity index (χ3n) is 17.9. The first-order valence-electron chi connectivity index (χ1n) is 42.0. The first-order valence-corrected chi connectivity index (χ1v) is 43.5. The molecule has 101 heavy (non-hydrogen) atoms. The van der Waals surface area contributed by atoms with Gasteiger partial charge in [-0.05, 0) is 128 Å². The van der Waals surface area contributed by atoms with Gasteiger partial charge in [0.2, 0.25) is 0 Å². The van der Waals surface area contributed by atoms with Crippen molar-refractivity contribution in [1.82, 2.24) is 0 Å². The van der Waals surface area contributed by atoms with Crippen LogP contribution in [0.4, 0.5) is 0 Å². The Balaban J connectivity index is 3.86. The summed E-state index contributed by atoms with van der Waals surface area (Å²) in [6.07, 6.45) is 124. The van der Waals surface area contributed by atoms with Crippen molar-refractivity contribution in [3.63, 3.8) is 0 Å². The van der Waals surface area contributed by atoms with Gasteiger partial charge < -0.3 is 20.1 Å². The molecule has 0 saturated heterocycles. The minimum absolute atomic E-state index is 0.0460. The molecule has 10 heteroatoms. The SMILES string of the molecule is CC/C=C\C/C=C\C/C=C\C/C=C\C/C=C\C/C=C\C/C=C\C/C=C\C/C=C\C/C=C\C/C=C\CCCCCCCCCC(=O)OC(COC(=O)CCCCCCCCCCCCCCCCCCCCCCCCCCCCC/C=C\C/C=C\CCCCCCC)COP(=O)(O)OCCN. The van der Waals surface area contributed by atoms with E-state index in [9.17, 15) is 19.0 Å². The Hall–Kier alpha value is -4.37. The van der Waals surface area contributed by atoms with Crippen molar-refractivity contribution in [3.8, 4) is 0 Å². The number of unbranched alkanes of at least 4 members (excludes halogenated alkanes) is 39. The minimum Gasteiger partial charge on any atom is -0.462 e. The summed E-state index contributed by atoms with van der Waals surface area (Å²) in [5.74, 6) is -0.835. The summed E-state index contributed by atoms with van der Waals surface area (Å²) in [4.78, 5) is 35.5. The summed E-state index contributed by atoms with van der Waals surface area (Å²) < 4.78 is 33.3. The molecule has 0 aromatic rings. The number of ether oxygens (including phenoxy) is 2. The van der Waals surface area contributed by atoms with E-state index in [0.717, 1.165) is 122 Å². The number of nitrogens with two attached hydrogens (primary N) is 1. The highest BCUT2D eigenvalue weighted by atomic mass is 31.2. The normalized spacial score (nSPS) is 13.7. The fraction of sp³-hybridized carbons (Fsp3) is 0.692. The summed E-state index contributed by atoms with van der Waals surface area (Å²) in [5, 5.41) is 0. The molecule has 0 fully saturated rings. The van der Waals surface area contributed by atoms with Gasteiger partial charge in [-0.15, -0.1) is 0 Å². The Morgan fingerprint density at radius 1 is 0.307 bits per heavy atom. The lowest BCUT2D eigenvalue weighted by Crippen LogP contribution is -2.29. The average molecular weight is 1420 g/mol. The molecule has 2 unspecified atom stereocenters. The number of rotatable bonds is 78. The number of allylic oxidation sites excluding steroid dienone is 26. The summed E-state index contributed by atoms with van der Waals surface area (Å²) in [6, 6.07) is 0. The van der Waals surface area contributed by atoms with Gasteiger partial charge in [0.1, 0.15) is 6.61 Å². The number of phosphoric acid groups is 1. The lowest BCUT2D eigenvalue weighted by Gasteiger charge is -2.19. The van der Waals surface area contributed by atoms with Crippen LogP contribution in [0.5, 0.6) is 0 Å². The molecular weight excluding hydrogens is 1270 g/mol. The van der Waals surface area contributed by atoms with Crippen LogP contribution >= 0.6 is 7.82 Å². The van der Waals surface area contributed by atoms with E-state index in [1.54, 1.807) is 0 Å². The quantitative estimate of drug-likeness (QED) is 0.0264. The van der Waals surface area contributed by atoms with Gasteiger partial charge in [0.15, 0.2) is 6.10 Å². The standard InChI is InChI=1S/C91H156NO8P/c1-3-5-7-9-11-13-15-17-19-21-23-25-27-29-31-33-35-37-39-41-43-44-46-48-50-52-54-56-58-60-62-64-66-68-70-72-74-76-78-80-82-84-91(94)100-89(88-99-101(95,96)98-86-85-92)87-97-90(93)83-81-79-77-75-73-71-69-67-65-63-61-59-57-55-53-51-49-47-45-42-40-38-36-34-32-30-28-26-24-22-20-18-16-14-12-10-8-6-4-2/h5,7,11,13,16-19,22-25,29,31,35,37,41,43,46,48,52,54,58,60,64,66,89H,3-4,6,8-10,12,14-15,20-21,26-28,30,32-34,36,38-40,42,44-45,47,49-51,53,55-57,59,61-63,65,67-88,92H2,1-2H3,(H,95,96)/b7-5-,13-11-,18-16-,19-17-,24-22-,25-23-,31-29-,37-35-,43-41-,48-46-,54-52-,60-58-,66-64-. The van der Waals surface area contributed by atoms with Gasteiger partial charge in [0.05, 0.1) is 13.2 Å². The first-order chi connectivity index (χ1) is 49.8. The molecule has 0 amide bonds. The Bertz CT molecular complexity index is 2230. The van der Waals surface area contributed by atoms with Crippen molar-refractivity contribution in [2.45, 2.75) is 380 Å². The third kappa shape index (κ3) is 84.5. The molecule has 0 aromatic heterocycles. The second-order valence-corrected chi connectivity index (χ2v) is 29.1. The molecule has 578 valence electrons. The van der Waals surface area contributed by atoms with Crippen molar-refractivity contribution in [2.75, 3.05) is 26.4 Å². The molecular formula is C91H156NO8P. The monoisotopic (exact) mass is 1420 g/mol. The number of hydrogen-bond acceptors (Lipinski definition) is 8. The first kappa shape index (κ1) is 96.6. The van der Waals surface area contributed by atoms with Crippen LogP contribution in [0.1, 0.15) is 373 Å². The predicted molar refractivity (Wildman–Crippen MR) is 440 cm³/mol. The lowest BCUT2D eigenvalue weighted by atomic mass is 10.0. The Kier molecular flexibility index (Phi) is 80.9. The third-order valence-corrected chi connectivity index (χ3v) is 18.9. The van der Waals surface area contributed by atoms with Crippen LogP contribution in [0, 0.1) is 0 Å². The topological polar surface area (TPSA) is 134 Å². The number of carbonyl (C=O) groups is 2. The second kappa shape index (κ2) is 84.6. The Morgan fingerprint density at radius 3 is 0.812 bits per heavy atom. The van der Waals surface area contributed by atoms with Crippen LogP contribution in [0.25, 0.3) is 0 Å². The van der Waals surface area contributed by atoms with Crippen LogP contribution < -0.4 is 5.73 Å². The molecule has 0 aliphatic heterocycles. The lowest BCUT2D eigenvalue weighted by molar-refractivity contribution is -0.161. The Morgan fingerprint density at radius 2 is 0.545 bits per heavy atom. The zero-order chi connectivity index (χ0) is 72.9. The molecule has 2 atom stereocenters. The maximum atomic E-state index is 12.8. The minimum atomic E-state index is -4.41. The van der Waals surface area contributed by atoms with Gasteiger partial charge in [0, 0.05) is 19.4 Å². The molecule has 0 bridgehead atoms. The van der Waals surface area contributed by atoms with E-state index in [4.69, 9.17) is 24.3 Å². The summed E-state index contributed by atoms with van der Waals surface area (Å²) in [6.45, 7) is 3.64. The van der Waals surface area contributed by atoms with Crippen LogP contribution in [0.15, 0.2) is 158 Å². The van der Waals surface area contributed by atoms with Gasteiger partial charge in [-0.3, -0.25) is 18.6 Å². The van der Waals surface area contributed by atoms with Crippen LogP contribution in [-0.2, 0) is 32.7 Å². The van der Waals surface area contributed by atoms with Gasteiger partial charge in [-0.1, -0.05) is 390 Å². The van der Waals surface area contributed by atoms with Gasteiger partial charge in [-0.25, -0.2) is 4.57 Å². The molecule has 0 spiro atoms. The molecule has 3 N–H and O–H groups in total. The number of carbonyl (C=O) groups excluding carboxylic acids is 2. The van der Waals surface area contributed by atoms with E-state index in [2.05, 4.69) is 172 Å². The Labute approximate surface area is 623 Å². The van der Waals surface area contributed by atoms with Gasteiger partial charge in [0.25, 0.3) is 0 Å². The molecule has 0 aliphatic rings. The smallest absolute Gasteiger partial charge is 0.462 e. The fourth-order valence-corrected chi connectivity index (χ4v) is 12.5. The van der Waals surface area contributed by atoms with Crippen molar-refractivity contribution in [2.24, 2.45) is 5.73 Å². The summed E-state index contributed by atoms with van der Waals surface area (Å²) in [7, 11) is -4.41. The highest BCUT2D eigenvalue weighted by Gasteiger charge is 2.26. The molecule has 9 nitrogen and oxygen atoms in total. The average Bonchev–Trinajstić information content (AvgIpc) is 1.04. The van der Waals surface area contributed by atoms with E-state index < -0.39 is 26.5 Å². The van der Waals surface area contributed by atoms with Crippen LogP contribution in [0.3, 0.4) is 0 Å². The zero-order valence-electron chi connectivity index (χ0n) is 65.3. The maximum absolute atomic E-state index is 12.8. The van der Waals surface area contributed by atoms with E-state index in [-0.39, 0.29) is 38.6 Å². The van der Waals surface area contributed by atoms with Crippen LogP contribution in [-0.4, -0.2) is 49.3 Å². The van der Waals surface area contributed by atoms with E-state index in [1.807, 2.05) is 0 Å². The van der Waals surface area contributed by atoms with Crippen molar-refractivity contribution < 1.29 is 37.6 Å². The highest BCUT2D eigenvalue weighted by molar-refractivity contribution is 7.47. The van der Waals surface area contributed by atoms with E-state index in [1.165, 1.54) is 218 Å². The fourth-order valence-electron chi connectivity index (χ4n) is 11.7. The molecule has 0 radical (unpaired) electrons. The highest BCUT2D eigenvalue weighted by Crippen LogP contribution is 2.43. The summed E-state index contributed by atoms with van der Waals surface area (Å²) >= 11 is 0. The van der Waals surface area contributed by atoms with Crippen LogP contribution in [0.2, 0.25) is 0 Å². The number of hydrogen-bond donors (Lipinski definition) is 2. The molecule has 0 rings (SSSR count). The number of phosphoric ester groups is 1. The molecule has 0 aromatic carbocycles. The second-order valence-electron chi connectivity index (χ2n) is 27.6. The summed E-state index contributed by atoms with van der Waals surface area (Å²) in [5.41, 5.74) is 5.42. The van der Waals surface area contributed by atoms with E-state index in [0.29, 0.717) is 6.42 Å². The van der Waals surface area contributed by atoms with Gasteiger partial charge >= 0.3 is 19.8 Å². The molecule has 0 heterocycles. The number of esters is 2. The molecule has 0 aliphatic carbocycles. The van der Waals surface area contributed by atoms with Crippen molar-refractivity contribution in [1.29, 1.82) is 0 Å². The largest absolute Gasteiger partial charge is 0.472 e. The predicted octanol–water partition coefficient (Wildman–Crippen LogP) is 28.6. The molecule has 0 saturated carbocycles. The maximum Gasteiger partial charge on any atom is 0.472 e. The van der Waals surface area contributed by atoms with Crippen molar-refractivity contribution in [3.05, 3.63) is 158 Å². The van der Waals surface area contributed by atoms with Gasteiger partial charge in [-0.2, -0.15) is 0 Å². The van der Waals surface area contributed by atoms with E-state index >= 15 is 0 Å².